The lowest BCUT2D eigenvalue weighted by Crippen LogP contribution is -2.03. The van der Waals surface area contributed by atoms with Crippen LogP contribution in [-0.2, 0) is 3.42 Å². The molecule has 0 saturated heterocycles. The molecule has 0 radical (unpaired) electrons. The van der Waals surface area contributed by atoms with Gasteiger partial charge in [-0.1, -0.05) is 40.8 Å². The number of allylic oxidation sites excluding steroid dienone is 1. The minimum atomic E-state index is -0.907. The number of pyridine rings is 1. The Morgan fingerprint density at radius 2 is 2.10 bits per heavy atom. The highest BCUT2D eigenvalue weighted by Crippen LogP contribution is 2.61. The summed E-state index contributed by atoms with van der Waals surface area (Å²) < 4.78 is 0.0641. The summed E-state index contributed by atoms with van der Waals surface area (Å²) in [5.41, 5.74) is 3.62. The molecule has 1 heterocycles. The normalized spacial score (nSPS) is 23.6. The van der Waals surface area contributed by atoms with Crippen molar-refractivity contribution in [3.8, 4) is 11.1 Å². The Hall–Kier alpha value is -1.69. The molecule has 1 N–H and O–H groups in total. The number of aromatic carboxylic acids is 1. The van der Waals surface area contributed by atoms with Crippen molar-refractivity contribution in [2.75, 3.05) is 0 Å². The quantitative estimate of drug-likeness (QED) is 0.481. The molecule has 1 aliphatic rings. The molecule has 1 aromatic carbocycles. The van der Waals surface area contributed by atoms with Crippen molar-refractivity contribution in [2.45, 2.75) is 9.84 Å². The van der Waals surface area contributed by atoms with Crippen molar-refractivity contribution in [1.29, 1.82) is 0 Å². The molecular formula is C17H14INO2. The van der Waals surface area contributed by atoms with Gasteiger partial charge in [-0.15, -0.1) is 6.58 Å². The summed E-state index contributed by atoms with van der Waals surface area (Å²) in [5.74, 6) is -0.435. The van der Waals surface area contributed by atoms with Gasteiger partial charge in [-0.2, -0.15) is 0 Å². The Labute approximate surface area is 136 Å². The van der Waals surface area contributed by atoms with Gasteiger partial charge in [-0.05, 0) is 47.2 Å². The lowest BCUT2D eigenvalue weighted by molar-refractivity contribution is 0.0697. The van der Waals surface area contributed by atoms with Gasteiger partial charge in [-0.25, -0.2) is 4.79 Å². The molecule has 1 aliphatic carbocycles. The average Bonchev–Trinajstić information content (AvgIpc) is 3.19. The van der Waals surface area contributed by atoms with Crippen molar-refractivity contribution in [3.63, 3.8) is 0 Å². The van der Waals surface area contributed by atoms with Gasteiger partial charge in [-0.3, -0.25) is 4.98 Å². The Kier molecular flexibility index (Phi) is 3.57. The molecule has 0 amide bonds. The molecule has 2 atom stereocenters. The van der Waals surface area contributed by atoms with E-state index in [0.717, 1.165) is 17.5 Å². The van der Waals surface area contributed by atoms with Crippen LogP contribution in [-0.4, -0.2) is 16.1 Å². The number of benzene rings is 1. The van der Waals surface area contributed by atoms with Crippen molar-refractivity contribution in [1.82, 2.24) is 4.98 Å². The van der Waals surface area contributed by atoms with Gasteiger partial charge in [0.25, 0.3) is 0 Å². The maximum absolute atomic E-state index is 10.9. The number of carboxylic acids is 1. The lowest BCUT2D eigenvalue weighted by Gasteiger charge is -2.14. The highest BCUT2D eigenvalue weighted by Gasteiger charge is 2.52. The van der Waals surface area contributed by atoms with Crippen LogP contribution >= 0.6 is 22.6 Å². The van der Waals surface area contributed by atoms with Crippen molar-refractivity contribution >= 4 is 28.6 Å². The van der Waals surface area contributed by atoms with Crippen LogP contribution in [0.4, 0.5) is 0 Å². The zero-order valence-corrected chi connectivity index (χ0v) is 13.4. The molecular weight excluding hydrogens is 377 g/mol. The smallest absolute Gasteiger partial charge is 0.335 e. The molecule has 21 heavy (non-hydrogen) atoms. The molecule has 0 spiro atoms. The Morgan fingerprint density at radius 3 is 2.67 bits per heavy atom. The topological polar surface area (TPSA) is 50.2 Å². The number of halogens is 1. The van der Waals surface area contributed by atoms with Crippen LogP contribution in [0.2, 0.25) is 0 Å². The molecule has 2 aromatic rings. The summed E-state index contributed by atoms with van der Waals surface area (Å²) in [6, 6.07) is 8.98. The fourth-order valence-corrected chi connectivity index (χ4v) is 3.77. The summed E-state index contributed by atoms with van der Waals surface area (Å²) in [6.45, 7) is 3.89. The van der Waals surface area contributed by atoms with Crippen LogP contribution in [0, 0.1) is 5.92 Å². The number of carbonyl (C=O) groups is 1. The van der Waals surface area contributed by atoms with E-state index in [0.29, 0.717) is 11.5 Å². The molecule has 2 unspecified atom stereocenters. The SMILES string of the molecule is C=CC1CC1(I)c1cnccc1-c1ccc(C(=O)O)cc1. The van der Waals surface area contributed by atoms with Gasteiger partial charge in [0.05, 0.1) is 8.99 Å². The summed E-state index contributed by atoms with van der Waals surface area (Å²) in [7, 11) is 0. The van der Waals surface area contributed by atoms with E-state index in [1.807, 2.05) is 30.5 Å². The van der Waals surface area contributed by atoms with Gasteiger partial charge < -0.3 is 5.11 Å². The Balaban J connectivity index is 2.03. The summed E-state index contributed by atoms with van der Waals surface area (Å²) in [5, 5.41) is 8.98. The standard InChI is InChI=1S/C17H14INO2/c1-2-13-9-17(13,18)15-10-19-8-7-14(15)11-3-5-12(6-4-11)16(20)21/h2-8,10,13H,1,9H2,(H,20,21). The minimum Gasteiger partial charge on any atom is -0.478 e. The fourth-order valence-electron chi connectivity index (χ4n) is 2.61. The van der Waals surface area contributed by atoms with Crippen LogP contribution in [0.1, 0.15) is 22.3 Å². The molecule has 3 nitrogen and oxygen atoms in total. The van der Waals surface area contributed by atoms with E-state index in [1.54, 1.807) is 18.3 Å². The second-order valence-corrected chi connectivity index (χ2v) is 7.14. The predicted molar refractivity (Wildman–Crippen MR) is 90.6 cm³/mol. The van der Waals surface area contributed by atoms with E-state index in [2.05, 4.69) is 34.2 Å². The number of rotatable bonds is 4. The third-order valence-electron chi connectivity index (χ3n) is 3.94. The van der Waals surface area contributed by atoms with Gasteiger partial charge in [0.1, 0.15) is 0 Å². The number of nitrogens with zero attached hydrogens (tertiary/aromatic N) is 1. The van der Waals surface area contributed by atoms with Gasteiger partial charge in [0.2, 0.25) is 0 Å². The molecule has 4 heteroatoms. The third-order valence-corrected chi connectivity index (χ3v) is 5.76. The molecule has 1 saturated carbocycles. The van der Waals surface area contributed by atoms with E-state index >= 15 is 0 Å². The number of aromatic nitrogens is 1. The first-order valence-electron chi connectivity index (χ1n) is 6.66. The lowest BCUT2D eigenvalue weighted by atomic mass is 9.97. The Morgan fingerprint density at radius 1 is 1.38 bits per heavy atom. The number of alkyl halides is 1. The highest BCUT2D eigenvalue weighted by molar-refractivity contribution is 14.1. The molecule has 3 rings (SSSR count). The molecule has 1 aromatic heterocycles. The highest BCUT2D eigenvalue weighted by atomic mass is 127. The van der Waals surface area contributed by atoms with Crippen LogP contribution in [0.5, 0.6) is 0 Å². The number of hydrogen-bond donors (Lipinski definition) is 1. The largest absolute Gasteiger partial charge is 0.478 e. The van der Waals surface area contributed by atoms with E-state index in [4.69, 9.17) is 5.11 Å². The summed E-state index contributed by atoms with van der Waals surface area (Å²) >= 11 is 2.48. The van der Waals surface area contributed by atoms with Crippen molar-refractivity contribution < 1.29 is 9.90 Å². The number of carboxylic acid groups (broad SMARTS) is 1. The predicted octanol–water partition coefficient (Wildman–Crippen LogP) is 4.28. The van der Waals surface area contributed by atoms with Crippen LogP contribution in [0.15, 0.2) is 55.4 Å². The van der Waals surface area contributed by atoms with E-state index in [9.17, 15) is 4.79 Å². The first-order chi connectivity index (χ1) is 10.1. The monoisotopic (exact) mass is 391 g/mol. The molecule has 1 fully saturated rings. The van der Waals surface area contributed by atoms with E-state index in [1.165, 1.54) is 5.56 Å². The fraction of sp³-hybridized carbons (Fsp3) is 0.176. The van der Waals surface area contributed by atoms with Gasteiger partial charge in [0.15, 0.2) is 0 Å². The second kappa shape index (κ2) is 5.26. The van der Waals surface area contributed by atoms with Crippen LogP contribution < -0.4 is 0 Å². The molecule has 0 bridgehead atoms. The van der Waals surface area contributed by atoms with Crippen molar-refractivity contribution in [3.05, 3.63) is 66.5 Å². The van der Waals surface area contributed by atoms with Crippen LogP contribution in [0.25, 0.3) is 11.1 Å². The zero-order valence-electron chi connectivity index (χ0n) is 11.3. The Bertz CT molecular complexity index is 711. The maximum atomic E-state index is 10.9. The van der Waals surface area contributed by atoms with Gasteiger partial charge in [0, 0.05) is 12.4 Å². The molecule has 0 aliphatic heterocycles. The maximum Gasteiger partial charge on any atom is 0.335 e. The zero-order chi connectivity index (χ0) is 15.0. The first kappa shape index (κ1) is 14.3. The third kappa shape index (κ3) is 2.48. The van der Waals surface area contributed by atoms with Gasteiger partial charge >= 0.3 is 5.97 Å². The molecule has 106 valence electrons. The van der Waals surface area contributed by atoms with Crippen molar-refractivity contribution in [2.24, 2.45) is 5.92 Å². The first-order valence-corrected chi connectivity index (χ1v) is 7.74. The van der Waals surface area contributed by atoms with Crippen LogP contribution in [0.3, 0.4) is 0 Å². The minimum absolute atomic E-state index is 0.0641. The second-order valence-electron chi connectivity index (χ2n) is 5.21. The summed E-state index contributed by atoms with van der Waals surface area (Å²) in [4.78, 5) is 15.2. The average molecular weight is 391 g/mol. The number of hydrogen-bond acceptors (Lipinski definition) is 2. The van der Waals surface area contributed by atoms with E-state index in [-0.39, 0.29) is 3.42 Å². The summed E-state index contributed by atoms with van der Waals surface area (Å²) in [6.07, 6.45) is 6.76. The van der Waals surface area contributed by atoms with E-state index < -0.39 is 5.97 Å².